The van der Waals surface area contributed by atoms with E-state index >= 15 is 0 Å². The third-order valence-corrected chi connectivity index (χ3v) is 3.52. The van der Waals surface area contributed by atoms with Crippen LogP contribution in [0.4, 0.5) is 14.5 Å². The molecule has 2 nitrogen and oxygen atoms in total. The number of halogens is 3. The summed E-state index contributed by atoms with van der Waals surface area (Å²) in [6.07, 6.45) is 0. The monoisotopic (exact) mass is 389 g/mol. The van der Waals surface area contributed by atoms with Crippen molar-refractivity contribution in [3.05, 3.63) is 57.2 Å². The molecular formula is C15H14F2INO. The van der Waals surface area contributed by atoms with Crippen LogP contribution in [-0.4, -0.2) is 6.61 Å². The number of rotatable bonds is 5. The number of alkyl halides is 2. The molecule has 0 spiro atoms. The Morgan fingerprint density at radius 3 is 2.65 bits per heavy atom. The average Bonchev–Trinajstić information content (AvgIpc) is 2.39. The molecule has 0 saturated heterocycles. The van der Waals surface area contributed by atoms with Crippen molar-refractivity contribution in [3.8, 4) is 5.75 Å². The number of aryl methyl sites for hydroxylation is 1. The zero-order valence-corrected chi connectivity index (χ0v) is 13.0. The molecular weight excluding hydrogens is 375 g/mol. The van der Waals surface area contributed by atoms with Crippen LogP contribution < -0.4 is 10.1 Å². The Morgan fingerprint density at radius 2 is 1.95 bits per heavy atom. The van der Waals surface area contributed by atoms with Crippen LogP contribution in [-0.2, 0) is 6.54 Å². The molecule has 0 radical (unpaired) electrons. The number of benzene rings is 2. The van der Waals surface area contributed by atoms with Crippen molar-refractivity contribution >= 4 is 28.3 Å². The first-order valence-electron chi connectivity index (χ1n) is 6.09. The third-order valence-electron chi connectivity index (χ3n) is 2.85. The topological polar surface area (TPSA) is 21.3 Å². The van der Waals surface area contributed by atoms with Gasteiger partial charge >= 0.3 is 6.61 Å². The molecule has 5 heteroatoms. The van der Waals surface area contributed by atoms with Gasteiger partial charge in [0.15, 0.2) is 0 Å². The van der Waals surface area contributed by atoms with Gasteiger partial charge in [-0.15, -0.1) is 0 Å². The minimum absolute atomic E-state index is 0.207. The zero-order valence-electron chi connectivity index (χ0n) is 10.9. The highest BCUT2D eigenvalue weighted by molar-refractivity contribution is 14.1. The van der Waals surface area contributed by atoms with Gasteiger partial charge in [-0.2, -0.15) is 8.78 Å². The van der Waals surface area contributed by atoms with Crippen LogP contribution in [0.15, 0.2) is 42.5 Å². The van der Waals surface area contributed by atoms with Gasteiger partial charge in [-0.05, 0) is 59.3 Å². The highest BCUT2D eigenvalue weighted by Gasteiger charge is 2.09. The lowest BCUT2D eigenvalue weighted by atomic mass is 10.1. The van der Waals surface area contributed by atoms with E-state index in [1.807, 2.05) is 19.1 Å². The molecule has 0 aliphatic rings. The van der Waals surface area contributed by atoms with Gasteiger partial charge in [0, 0.05) is 21.4 Å². The summed E-state index contributed by atoms with van der Waals surface area (Å²) in [6, 6.07) is 12.8. The Kier molecular flexibility index (Phi) is 5.17. The molecule has 0 fully saturated rings. The molecule has 0 saturated carbocycles. The Bertz CT molecular complexity index is 590. The summed E-state index contributed by atoms with van der Waals surface area (Å²) in [5.74, 6) is 0.207. The molecule has 0 aliphatic heterocycles. The third kappa shape index (κ3) is 4.06. The Balaban J connectivity index is 2.10. The molecule has 0 heterocycles. The van der Waals surface area contributed by atoms with Crippen LogP contribution >= 0.6 is 22.6 Å². The van der Waals surface area contributed by atoms with Gasteiger partial charge in [0.25, 0.3) is 0 Å². The highest BCUT2D eigenvalue weighted by Crippen LogP contribution is 2.23. The second-order valence-electron chi connectivity index (χ2n) is 4.30. The van der Waals surface area contributed by atoms with Crippen molar-refractivity contribution in [3.63, 3.8) is 0 Å². The Morgan fingerprint density at radius 1 is 1.20 bits per heavy atom. The normalized spacial score (nSPS) is 10.7. The summed E-state index contributed by atoms with van der Waals surface area (Å²) >= 11 is 2.25. The Hall–Kier alpha value is -1.37. The second kappa shape index (κ2) is 6.88. The molecule has 20 heavy (non-hydrogen) atoms. The minimum atomic E-state index is -2.81. The van der Waals surface area contributed by atoms with E-state index in [0.717, 1.165) is 14.8 Å². The number of para-hydroxylation sites is 1. The minimum Gasteiger partial charge on any atom is -0.434 e. The van der Waals surface area contributed by atoms with E-state index < -0.39 is 6.61 Å². The molecule has 0 bridgehead atoms. The van der Waals surface area contributed by atoms with Gasteiger partial charge in [0.1, 0.15) is 5.75 Å². The summed E-state index contributed by atoms with van der Waals surface area (Å²) < 4.78 is 30.3. The van der Waals surface area contributed by atoms with Gasteiger partial charge in [0.05, 0.1) is 0 Å². The van der Waals surface area contributed by atoms with E-state index in [1.165, 1.54) is 0 Å². The molecule has 0 atom stereocenters. The lowest BCUT2D eigenvalue weighted by Gasteiger charge is -2.13. The number of ether oxygens (including phenoxy) is 1. The summed E-state index contributed by atoms with van der Waals surface area (Å²) in [5.41, 5.74) is 2.80. The van der Waals surface area contributed by atoms with E-state index in [1.54, 1.807) is 24.3 Å². The van der Waals surface area contributed by atoms with Gasteiger partial charge in [-0.3, -0.25) is 0 Å². The van der Waals surface area contributed by atoms with Crippen molar-refractivity contribution in [2.75, 3.05) is 5.32 Å². The van der Waals surface area contributed by atoms with Crippen molar-refractivity contribution < 1.29 is 13.5 Å². The van der Waals surface area contributed by atoms with Crippen LogP contribution in [0.1, 0.15) is 11.1 Å². The van der Waals surface area contributed by atoms with Crippen LogP contribution in [0, 0.1) is 10.5 Å². The standard InChI is InChI=1S/C15H14F2INO/c1-10-8-12(18)6-7-13(10)19-9-11-4-2-3-5-14(11)20-15(16)17/h2-8,15,19H,9H2,1H3. The maximum absolute atomic E-state index is 12.3. The fourth-order valence-corrected chi connectivity index (χ4v) is 2.52. The molecule has 0 aliphatic carbocycles. The Labute approximate surface area is 130 Å². The smallest absolute Gasteiger partial charge is 0.387 e. The highest BCUT2D eigenvalue weighted by atomic mass is 127. The molecule has 1 N–H and O–H groups in total. The number of hydrogen-bond donors (Lipinski definition) is 1. The first-order valence-corrected chi connectivity index (χ1v) is 7.17. The first kappa shape index (κ1) is 15.0. The maximum atomic E-state index is 12.3. The molecule has 0 amide bonds. The lowest BCUT2D eigenvalue weighted by Crippen LogP contribution is -2.07. The molecule has 2 aromatic rings. The van der Waals surface area contributed by atoms with Crippen molar-refractivity contribution in [2.45, 2.75) is 20.1 Å². The first-order chi connectivity index (χ1) is 9.56. The summed E-state index contributed by atoms with van der Waals surface area (Å²) in [5, 5.41) is 3.24. The average molecular weight is 389 g/mol. The fraction of sp³-hybridized carbons (Fsp3) is 0.200. The summed E-state index contributed by atoms with van der Waals surface area (Å²) in [4.78, 5) is 0. The van der Waals surface area contributed by atoms with Gasteiger partial charge in [-0.25, -0.2) is 0 Å². The number of hydrogen-bond acceptors (Lipinski definition) is 2. The van der Waals surface area contributed by atoms with Gasteiger partial charge < -0.3 is 10.1 Å². The van der Waals surface area contributed by atoms with E-state index in [9.17, 15) is 8.78 Å². The largest absolute Gasteiger partial charge is 0.434 e. The predicted molar refractivity (Wildman–Crippen MR) is 84.3 cm³/mol. The van der Waals surface area contributed by atoms with Crippen LogP contribution in [0.25, 0.3) is 0 Å². The van der Waals surface area contributed by atoms with Crippen molar-refractivity contribution in [1.29, 1.82) is 0 Å². The SMILES string of the molecule is Cc1cc(I)ccc1NCc1ccccc1OC(F)F. The molecule has 2 aromatic carbocycles. The number of anilines is 1. The summed E-state index contributed by atoms with van der Waals surface area (Å²) in [6.45, 7) is -0.368. The molecule has 0 unspecified atom stereocenters. The predicted octanol–water partition coefficient (Wildman–Crippen LogP) is 4.81. The van der Waals surface area contributed by atoms with Gasteiger partial charge in [-0.1, -0.05) is 18.2 Å². The van der Waals surface area contributed by atoms with Crippen LogP contribution in [0.5, 0.6) is 5.75 Å². The zero-order chi connectivity index (χ0) is 14.5. The van der Waals surface area contributed by atoms with E-state index in [0.29, 0.717) is 12.1 Å². The molecule has 2 rings (SSSR count). The lowest BCUT2D eigenvalue weighted by molar-refractivity contribution is -0.0504. The molecule has 106 valence electrons. The van der Waals surface area contributed by atoms with Crippen molar-refractivity contribution in [1.82, 2.24) is 0 Å². The van der Waals surface area contributed by atoms with E-state index in [4.69, 9.17) is 0 Å². The van der Waals surface area contributed by atoms with Crippen LogP contribution in [0.3, 0.4) is 0 Å². The molecule has 0 aromatic heterocycles. The van der Waals surface area contributed by atoms with E-state index in [-0.39, 0.29) is 5.75 Å². The summed E-state index contributed by atoms with van der Waals surface area (Å²) in [7, 11) is 0. The van der Waals surface area contributed by atoms with Crippen molar-refractivity contribution in [2.24, 2.45) is 0 Å². The number of nitrogens with one attached hydrogen (secondary N) is 1. The second-order valence-corrected chi connectivity index (χ2v) is 5.54. The maximum Gasteiger partial charge on any atom is 0.387 e. The van der Waals surface area contributed by atoms with E-state index in [2.05, 4.69) is 38.7 Å². The van der Waals surface area contributed by atoms with Gasteiger partial charge in [0.2, 0.25) is 0 Å². The fourth-order valence-electron chi connectivity index (χ4n) is 1.88. The van der Waals surface area contributed by atoms with Crippen LogP contribution in [0.2, 0.25) is 0 Å². The quantitative estimate of drug-likeness (QED) is 0.741.